The number of H-pyrrole nitrogens is 2. The van der Waals surface area contributed by atoms with Gasteiger partial charge in [-0.3, -0.25) is 9.78 Å². The third kappa shape index (κ3) is 1.84. The van der Waals surface area contributed by atoms with Crippen LogP contribution < -0.4 is 11.2 Å². The normalized spacial score (nSPS) is 12.8. The molecule has 1 aromatic heterocycles. The van der Waals surface area contributed by atoms with Crippen molar-refractivity contribution in [1.82, 2.24) is 9.97 Å². The Hall–Kier alpha value is -1.32. The first kappa shape index (κ1) is 8.77. The number of hydrogen-bond acceptors (Lipinski definition) is 2. The monoisotopic (exact) mass is 168 g/mol. The minimum atomic E-state index is -0.433. The Morgan fingerprint density at radius 3 is 2.58 bits per heavy atom. The van der Waals surface area contributed by atoms with Gasteiger partial charge in [0.25, 0.3) is 5.56 Å². The van der Waals surface area contributed by atoms with Gasteiger partial charge in [0.2, 0.25) is 0 Å². The molecule has 2 N–H and O–H groups in total. The van der Waals surface area contributed by atoms with Gasteiger partial charge in [0.15, 0.2) is 0 Å². The Labute approximate surface area is 69.7 Å². The second kappa shape index (κ2) is 3.38. The lowest BCUT2D eigenvalue weighted by molar-refractivity contribution is 0.696. The molecule has 0 saturated heterocycles. The van der Waals surface area contributed by atoms with Crippen molar-refractivity contribution in [1.29, 1.82) is 0 Å². The average molecular weight is 168 g/mol. The van der Waals surface area contributed by atoms with E-state index in [1.54, 1.807) is 0 Å². The summed E-state index contributed by atoms with van der Waals surface area (Å²) in [5.41, 5.74) is -0.0712. The zero-order valence-corrected chi connectivity index (χ0v) is 7.18. The van der Waals surface area contributed by atoms with Crippen molar-refractivity contribution in [3.63, 3.8) is 0 Å². The smallest absolute Gasteiger partial charge is 0.311 e. The molecule has 0 radical (unpaired) electrons. The molecule has 4 nitrogen and oxygen atoms in total. The lowest BCUT2D eigenvalue weighted by Crippen LogP contribution is -2.23. The third-order valence-corrected chi connectivity index (χ3v) is 1.92. The van der Waals surface area contributed by atoms with Crippen molar-refractivity contribution >= 4 is 0 Å². The summed E-state index contributed by atoms with van der Waals surface area (Å²) in [6.07, 6.45) is 0.902. The Morgan fingerprint density at radius 2 is 2.08 bits per heavy atom. The van der Waals surface area contributed by atoms with E-state index in [2.05, 4.69) is 9.97 Å². The van der Waals surface area contributed by atoms with E-state index in [0.29, 0.717) is 5.69 Å². The van der Waals surface area contributed by atoms with Crippen LogP contribution in [0.1, 0.15) is 31.9 Å². The predicted molar refractivity (Wildman–Crippen MR) is 46.4 cm³/mol. The van der Waals surface area contributed by atoms with E-state index in [4.69, 9.17) is 0 Å². The van der Waals surface area contributed by atoms with E-state index in [1.807, 2.05) is 13.8 Å². The van der Waals surface area contributed by atoms with Crippen molar-refractivity contribution < 1.29 is 0 Å². The molecule has 0 spiro atoms. The molecule has 0 aliphatic rings. The van der Waals surface area contributed by atoms with E-state index in [9.17, 15) is 9.59 Å². The van der Waals surface area contributed by atoms with Crippen LogP contribution in [0.25, 0.3) is 0 Å². The van der Waals surface area contributed by atoms with Crippen molar-refractivity contribution in [2.45, 2.75) is 26.2 Å². The summed E-state index contributed by atoms with van der Waals surface area (Å²) >= 11 is 0. The highest BCUT2D eigenvalue weighted by molar-refractivity contribution is 5.03. The summed E-state index contributed by atoms with van der Waals surface area (Å²) < 4.78 is 0. The molecule has 1 heterocycles. The molecule has 0 fully saturated rings. The summed E-state index contributed by atoms with van der Waals surface area (Å²) in [5.74, 6) is 0.222. The van der Waals surface area contributed by atoms with E-state index in [0.717, 1.165) is 6.42 Å². The van der Waals surface area contributed by atoms with Crippen molar-refractivity contribution in [3.05, 3.63) is 32.6 Å². The van der Waals surface area contributed by atoms with Gasteiger partial charge >= 0.3 is 5.69 Å². The number of aromatic nitrogens is 2. The predicted octanol–water partition coefficient (Wildman–Crippen LogP) is 0.577. The maximum absolute atomic E-state index is 10.9. The zero-order chi connectivity index (χ0) is 9.14. The fourth-order valence-electron chi connectivity index (χ4n) is 0.973. The maximum Gasteiger partial charge on any atom is 0.325 e. The maximum atomic E-state index is 10.9. The van der Waals surface area contributed by atoms with Crippen molar-refractivity contribution in [3.8, 4) is 0 Å². The summed E-state index contributed by atoms with van der Waals surface area (Å²) in [4.78, 5) is 26.4. The van der Waals surface area contributed by atoms with Gasteiger partial charge in [-0.05, 0) is 12.3 Å². The molecule has 1 rings (SSSR count). The van der Waals surface area contributed by atoms with Gasteiger partial charge in [-0.2, -0.15) is 0 Å². The molecule has 66 valence electrons. The van der Waals surface area contributed by atoms with Gasteiger partial charge in [-0.15, -0.1) is 0 Å². The molecule has 0 unspecified atom stereocenters. The van der Waals surface area contributed by atoms with E-state index in [-0.39, 0.29) is 11.5 Å². The second-order valence-electron chi connectivity index (χ2n) is 2.85. The summed E-state index contributed by atoms with van der Waals surface area (Å²) in [7, 11) is 0. The van der Waals surface area contributed by atoms with Crippen molar-refractivity contribution in [2.75, 3.05) is 0 Å². The van der Waals surface area contributed by atoms with Crippen LogP contribution in [-0.2, 0) is 0 Å². The quantitative estimate of drug-likeness (QED) is 0.678. The highest BCUT2D eigenvalue weighted by Gasteiger charge is 2.03. The minimum absolute atomic E-state index is 0.222. The van der Waals surface area contributed by atoms with E-state index < -0.39 is 5.69 Å². The lowest BCUT2D eigenvalue weighted by atomic mass is 10.1. The summed E-state index contributed by atoms with van der Waals surface area (Å²) in [6, 6.07) is 1.43. The second-order valence-corrected chi connectivity index (χ2v) is 2.85. The highest BCUT2D eigenvalue weighted by atomic mass is 16.2. The first-order valence-electron chi connectivity index (χ1n) is 3.97. The van der Waals surface area contributed by atoms with Crippen LogP contribution in [-0.4, -0.2) is 9.97 Å². The first-order valence-corrected chi connectivity index (χ1v) is 3.97. The molecule has 0 bridgehead atoms. The molecule has 0 amide bonds. The number of nitrogens with one attached hydrogen (secondary N) is 2. The number of aromatic amines is 2. The molecule has 0 aliphatic carbocycles. The molecule has 0 aromatic carbocycles. The summed E-state index contributed by atoms with van der Waals surface area (Å²) in [6.45, 7) is 3.97. The van der Waals surface area contributed by atoms with Crippen LogP contribution in [0.3, 0.4) is 0 Å². The van der Waals surface area contributed by atoms with Crippen LogP contribution in [0, 0.1) is 0 Å². The largest absolute Gasteiger partial charge is 0.325 e. The molecule has 0 saturated carbocycles. The highest BCUT2D eigenvalue weighted by Crippen LogP contribution is 2.12. The van der Waals surface area contributed by atoms with Crippen LogP contribution in [0.15, 0.2) is 15.7 Å². The molecular weight excluding hydrogens is 156 g/mol. The number of rotatable bonds is 2. The third-order valence-electron chi connectivity index (χ3n) is 1.92. The van der Waals surface area contributed by atoms with Gasteiger partial charge in [0, 0.05) is 11.8 Å². The Balaban J connectivity index is 3.17. The summed E-state index contributed by atoms with van der Waals surface area (Å²) in [5, 5.41) is 0. The van der Waals surface area contributed by atoms with Gasteiger partial charge in [-0.1, -0.05) is 13.8 Å². The van der Waals surface area contributed by atoms with Crippen LogP contribution in [0.4, 0.5) is 0 Å². The van der Waals surface area contributed by atoms with Crippen molar-refractivity contribution in [2.24, 2.45) is 0 Å². The molecule has 4 heteroatoms. The van der Waals surface area contributed by atoms with Gasteiger partial charge < -0.3 is 4.98 Å². The fraction of sp³-hybridized carbons (Fsp3) is 0.500. The van der Waals surface area contributed by atoms with Gasteiger partial charge in [-0.25, -0.2) is 4.79 Å². The minimum Gasteiger partial charge on any atom is -0.311 e. The average Bonchev–Trinajstić information content (AvgIpc) is 2.01. The zero-order valence-electron chi connectivity index (χ0n) is 7.18. The SMILES string of the molecule is CC[C@@H](C)c1cc(=O)[nH]c(=O)[nH]1. The lowest BCUT2D eigenvalue weighted by Gasteiger charge is -2.06. The Morgan fingerprint density at radius 1 is 1.42 bits per heavy atom. The fourth-order valence-corrected chi connectivity index (χ4v) is 0.973. The molecular formula is C8H12N2O2. The van der Waals surface area contributed by atoms with Gasteiger partial charge in [0.05, 0.1) is 0 Å². The number of hydrogen-bond donors (Lipinski definition) is 2. The van der Waals surface area contributed by atoms with Gasteiger partial charge in [0.1, 0.15) is 0 Å². The standard InChI is InChI=1S/C8H12N2O2/c1-3-5(2)6-4-7(11)10-8(12)9-6/h4-5H,3H2,1-2H3,(H2,9,10,11,12)/t5-/m1/s1. The van der Waals surface area contributed by atoms with E-state index >= 15 is 0 Å². The van der Waals surface area contributed by atoms with E-state index in [1.165, 1.54) is 6.07 Å². The van der Waals surface area contributed by atoms with Crippen LogP contribution >= 0.6 is 0 Å². The first-order chi connectivity index (χ1) is 5.63. The molecule has 1 atom stereocenters. The molecule has 12 heavy (non-hydrogen) atoms. The molecule has 0 aliphatic heterocycles. The Kier molecular flexibility index (Phi) is 2.47. The van der Waals surface area contributed by atoms with Crippen LogP contribution in [0.5, 0.6) is 0 Å². The Bertz CT molecular complexity index is 336. The topological polar surface area (TPSA) is 65.7 Å². The van der Waals surface area contributed by atoms with Crippen LogP contribution in [0.2, 0.25) is 0 Å². The molecule has 1 aromatic rings.